The van der Waals surface area contributed by atoms with E-state index in [1.165, 1.54) is 18.2 Å². The number of nitrogens with one attached hydrogen (secondary N) is 1. The van der Waals surface area contributed by atoms with Crippen LogP contribution in [-0.4, -0.2) is 43.4 Å². The second kappa shape index (κ2) is 6.97. The van der Waals surface area contributed by atoms with Gasteiger partial charge in [0, 0.05) is 19.1 Å². The Morgan fingerprint density at radius 1 is 1.26 bits per heavy atom. The van der Waals surface area contributed by atoms with Crippen molar-refractivity contribution >= 4 is 15.9 Å². The van der Waals surface area contributed by atoms with E-state index in [9.17, 15) is 17.6 Å². The first-order valence-corrected chi connectivity index (χ1v) is 9.31. The predicted molar refractivity (Wildman–Crippen MR) is 87.0 cm³/mol. The number of carbonyl (C=O) groups excluding carboxylic acids is 1. The number of hydrogen-bond donors (Lipinski definition) is 1. The van der Waals surface area contributed by atoms with Crippen molar-refractivity contribution in [2.75, 3.05) is 13.1 Å². The maximum absolute atomic E-state index is 13.5. The fourth-order valence-corrected chi connectivity index (χ4v) is 4.07. The Morgan fingerprint density at radius 3 is 2.35 bits per heavy atom. The predicted octanol–water partition coefficient (Wildman–Crippen LogP) is 1.85. The van der Waals surface area contributed by atoms with Crippen LogP contribution in [0.3, 0.4) is 0 Å². The second-order valence-electron chi connectivity index (χ2n) is 6.36. The average molecular weight is 342 g/mol. The third kappa shape index (κ3) is 5.00. The van der Waals surface area contributed by atoms with Gasteiger partial charge in [-0.1, -0.05) is 30.3 Å². The van der Waals surface area contributed by atoms with Crippen molar-refractivity contribution in [2.45, 2.75) is 44.2 Å². The number of carbonyl (C=O) groups is 1. The molecule has 0 spiro atoms. The van der Waals surface area contributed by atoms with Crippen LogP contribution in [0.2, 0.25) is 0 Å². The highest BCUT2D eigenvalue weighted by molar-refractivity contribution is 7.88. The summed E-state index contributed by atoms with van der Waals surface area (Å²) in [6.45, 7) is 3.10. The molecule has 7 heteroatoms. The molecule has 0 unspecified atom stereocenters. The lowest BCUT2D eigenvalue weighted by molar-refractivity contribution is -0.131. The summed E-state index contributed by atoms with van der Waals surface area (Å²) in [6.07, 6.45) is 0.992. The normalized spacial score (nSPS) is 17.9. The van der Waals surface area contributed by atoms with E-state index in [-0.39, 0.29) is 11.8 Å². The van der Waals surface area contributed by atoms with Crippen LogP contribution in [0.15, 0.2) is 30.3 Å². The number of alkyl halides is 1. The number of sulfonamides is 1. The van der Waals surface area contributed by atoms with Gasteiger partial charge in [-0.25, -0.2) is 17.1 Å². The summed E-state index contributed by atoms with van der Waals surface area (Å²) in [6, 6.07) is 8.86. The van der Waals surface area contributed by atoms with Crippen molar-refractivity contribution in [3.05, 3.63) is 35.9 Å². The second-order valence-corrected chi connectivity index (χ2v) is 8.33. The topological polar surface area (TPSA) is 66.5 Å². The molecule has 1 heterocycles. The monoisotopic (exact) mass is 342 g/mol. The van der Waals surface area contributed by atoms with E-state index in [4.69, 9.17) is 0 Å². The molecule has 1 saturated heterocycles. The van der Waals surface area contributed by atoms with Crippen LogP contribution in [0.4, 0.5) is 4.39 Å². The molecule has 1 aliphatic rings. The molecule has 1 aromatic rings. The van der Waals surface area contributed by atoms with Crippen LogP contribution < -0.4 is 5.32 Å². The summed E-state index contributed by atoms with van der Waals surface area (Å²) in [5.74, 6) is -0.675. The van der Waals surface area contributed by atoms with Gasteiger partial charge in [-0.3, -0.25) is 4.79 Å². The van der Waals surface area contributed by atoms with E-state index in [0.717, 1.165) is 5.56 Å². The van der Waals surface area contributed by atoms with Gasteiger partial charge in [0.1, 0.15) is 0 Å². The van der Waals surface area contributed by atoms with Gasteiger partial charge in [0.15, 0.2) is 5.67 Å². The molecule has 0 atom stereocenters. The van der Waals surface area contributed by atoms with E-state index in [1.54, 1.807) is 12.1 Å². The van der Waals surface area contributed by atoms with Crippen molar-refractivity contribution < 1.29 is 17.6 Å². The summed E-state index contributed by atoms with van der Waals surface area (Å²) in [7, 11) is -3.37. The first-order chi connectivity index (χ1) is 10.7. The van der Waals surface area contributed by atoms with Crippen LogP contribution in [0, 0.1) is 0 Å². The number of hydrogen-bond acceptors (Lipinski definition) is 3. The van der Waals surface area contributed by atoms with Crippen LogP contribution >= 0.6 is 0 Å². The van der Waals surface area contributed by atoms with E-state index in [0.29, 0.717) is 25.9 Å². The third-order valence-electron chi connectivity index (χ3n) is 3.91. The van der Waals surface area contributed by atoms with Crippen LogP contribution in [0.1, 0.15) is 32.3 Å². The highest BCUT2D eigenvalue weighted by Crippen LogP contribution is 2.18. The third-order valence-corrected chi connectivity index (χ3v) is 5.76. The van der Waals surface area contributed by atoms with Gasteiger partial charge < -0.3 is 5.32 Å². The van der Waals surface area contributed by atoms with E-state index in [1.807, 2.05) is 18.2 Å². The zero-order valence-corrected chi connectivity index (χ0v) is 14.3. The number of rotatable bonds is 5. The molecule has 0 saturated carbocycles. The lowest BCUT2D eigenvalue weighted by atomic mass is 10.0. The number of benzene rings is 1. The number of piperidine rings is 1. The van der Waals surface area contributed by atoms with Gasteiger partial charge in [-0.2, -0.15) is 0 Å². The molecule has 1 aromatic carbocycles. The minimum Gasteiger partial charge on any atom is -0.351 e. The fourth-order valence-electron chi connectivity index (χ4n) is 2.51. The molecule has 1 amide bonds. The summed E-state index contributed by atoms with van der Waals surface area (Å²) >= 11 is 0. The number of nitrogens with zero attached hydrogens (tertiary/aromatic N) is 1. The Balaban J connectivity index is 1.90. The van der Waals surface area contributed by atoms with Gasteiger partial charge in [-0.05, 0) is 32.3 Å². The largest absolute Gasteiger partial charge is 0.351 e. The molecule has 0 radical (unpaired) electrons. The Bertz CT molecular complexity index is 633. The Kier molecular flexibility index (Phi) is 5.41. The molecule has 128 valence electrons. The van der Waals surface area contributed by atoms with Crippen LogP contribution in [-0.2, 0) is 20.6 Å². The first-order valence-electron chi connectivity index (χ1n) is 7.70. The van der Waals surface area contributed by atoms with Crippen LogP contribution in [0.25, 0.3) is 0 Å². The molecule has 0 aromatic heterocycles. The van der Waals surface area contributed by atoms with Gasteiger partial charge in [0.25, 0.3) is 5.91 Å². The zero-order valence-electron chi connectivity index (χ0n) is 13.5. The highest BCUT2D eigenvalue weighted by Gasteiger charge is 2.32. The standard InChI is InChI=1S/C16H23FN2O3S/c1-16(2,17)15(20)18-14-8-10-19(11-9-14)23(21,22)12-13-6-4-3-5-7-13/h3-7,14H,8-12H2,1-2H3,(H,18,20). The summed E-state index contributed by atoms with van der Waals surface area (Å²) in [5, 5.41) is 2.65. The minimum absolute atomic E-state index is 0.0254. The Labute approximate surface area is 136 Å². The summed E-state index contributed by atoms with van der Waals surface area (Å²) < 4.78 is 39.8. The lowest BCUT2D eigenvalue weighted by Gasteiger charge is -2.32. The molecule has 23 heavy (non-hydrogen) atoms. The van der Waals surface area contributed by atoms with Crippen LogP contribution in [0.5, 0.6) is 0 Å². The van der Waals surface area contributed by atoms with Crippen molar-refractivity contribution in [3.63, 3.8) is 0 Å². The SMILES string of the molecule is CC(C)(F)C(=O)NC1CCN(S(=O)(=O)Cc2ccccc2)CC1. The van der Waals surface area contributed by atoms with Gasteiger partial charge in [0.05, 0.1) is 5.75 Å². The fraction of sp³-hybridized carbons (Fsp3) is 0.562. The van der Waals surface area contributed by atoms with E-state index >= 15 is 0 Å². The average Bonchev–Trinajstić information content (AvgIpc) is 2.47. The van der Waals surface area contributed by atoms with Crippen molar-refractivity contribution in [1.29, 1.82) is 0 Å². The minimum atomic E-state index is -3.37. The van der Waals surface area contributed by atoms with E-state index in [2.05, 4.69) is 5.32 Å². The Morgan fingerprint density at radius 2 is 1.83 bits per heavy atom. The van der Waals surface area contributed by atoms with Crippen molar-refractivity contribution in [2.24, 2.45) is 0 Å². The summed E-state index contributed by atoms with van der Waals surface area (Å²) in [5.41, 5.74) is -1.17. The lowest BCUT2D eigenvalue weighted by Crippen LogP contribution is -2.50. The number of amides is 1. The molecular formula is C16H23FN2O3S. The quantitative estimate of drug-likeness (QED) is 0.888. The Hall–Kier alpha value is -1.47. The first kappa shape index (κ1) is 17.9. The molecular weight excluding hydrogens is 319 g/mol. The zero-order chi connectivity index (χ0) is 17.1. The molecule has 1 fully saturated rings. The van der Waals surface area contributed by atoms with Crippen molar-refractivity contribution in [3.8, 4) is 0 Å². The van der Waals surface area contributed by atoms with Gasteiger partial charge >= 0.3 is 0 Å². The molecule has 2 rings (SSSR count). The van der Waals surface area contributed by atoms with Crippen molar-refractivity contribution in [1.82, 2.24) is 9.62 Å². The maximum Gasteiger partial charge on any atom is 0.257 e. The molecule has 0 aliphatic carbocycles. The van der Waals surface area contributed by atoms with E-state index < -0.39 is 21.6 Å². The maximum atomic E-state index is 13.5. The summed E-state index contributed by atoms with van der Waals surface area (Å²) in [4.78, 5) is 11.6. The van der Waals surface area contributed by atoms with Gasteiger partial charge in [0.2, 0.25) is 10.0 Å². The molecule has 1 N–H and O–H groups in total. The van der Waals surface area contributed by atoms with Gasteiger partial charge in [-0.15, -0.1) is 0 Å². The molecule has 1 aliphatic heterocycles. The molecule has 0 bridgehead atoms. The smallest absolute Gasteiger partial charge is 0.257 e. The number of halogens is 1. The molecule has 5 nitrogen and oxygen atoms in total. The highest BCUT2D eigenvalue weighted by atomic mass is 32.2.